The number of alkyl halides is 2. The van der Waals surface area contributed by atoms with E-state index in [1.54, 1.807) is 18.3 Å². The van der Waals surface area contributed by atoms with Crippen molar-refractivity contribution in [3.05, 3.63) is 89.4 Å². The van der Waals surface area contributed by atoms with Crippen LogP contribution in [-0.4, -0.2) is 10.1 Å². The molecule has 1 heterocycles. The number of phenolic OH excluding ortho intramolecular Hbond substituents is 1. The number of nitrogens with zero attached hydrogens (tertiary/aromatic N) is 1. The van der Waals surface area contributed by atoms with Crippen molar-refractivity contribution in [1.82, 2.24) is 4.98 Å². The second-order valence-corrected chi connectivity index (χ2v) is 7.87. The molecule has 1 atom stereocenters. The number of benzene rings is 2. The first-order valence-electron chi connectivity index (χ1n) is 10.3. The first kappa shape index (κ1) is 22.6. The Labute approximate surface area is 181 Å². The number of aryl methyl sites for hydroxylation is 1. The van der Waals surface area contributed by atoms with Gasteiger partial charge >= 0.3 is 0 Å². The summed E-state index contributed by atoms with van der Waals surface area (Å²) in [7, 11) is 0. The largest absolute Gasteiger partial charge is 0.507 e. The molecule has 3 aromatic rings. The molecule has 0 saturated carbocycles. The molecule has 0 aliphatic heterocycles. The van der Waals surface area contributed by atoms with Crippen LogP contribution in [0.1, 0.15) is 55.4 Å². The van der Waals surface area contributed by atoms with Crippen molar-refractivity contribution in [3.8, 4) is 17.0 Å². The molecule has 0 fully saturated rings. The molecule has 1 aromatic heterocycles. The predicted octanol–water partition coefficient (Wildman–Crippen LogP) is 7.47. The number of aromatic nitrogens is 1. The Hall–Kier alpha value is -3.08. The molecule has 1 N–H and O–H groups in total. The zero-order valence-corrected chi connectivity index (χ0v) is 17.9. The highest BCUT2D eigenvalue weighted by Gasteiger charge is 2.29. The number of hydrogen-bond donors (Lipinski definition) is 1. The van der Waals surface area contributed by atoms with Gasteiger partial charge < -0.3 is 5.11 Å². The molecule has 0 amide bonds. The third-order valence-corrected chi connectivity index (χ3v) is 5.52. The van der Waals surface area contributed by atoms with Gasteiger partial charge in [-0.25, -0.2) is 13.2 Å². The van der Waals surface area contributed by atoms with Crippen LogP contribution in [0.25, 0.3) is 16.8 Å². The van der Waals surface area contributed by atoms with Gasteiger partial charge in [-0.2, -0.15) is 0 Å². The third-order valence-electron chi connectivity index (χ3n) is 5.52. The van der Waals surface area contributed by atoms with Crippen molar-refractivity contribution >= 4 is 5.57 Å². The van der Waals surface area contributed by atoms with Crippen molar-refractivity contribution in [2.24, 2.45) is 0 Å². The number of allylic oxidation sites excluding steroid dienone is 1. The van der Waals surface area contributed by atoms with Gasteiger partial charge in [0.25, 0.3) is 5.92 Å². The van der Waals surface area contributed by atoms with E-state index in [4.69, 9.17) is 0 Å². The third kappa shape index (κ3) is 4.82. The van der Waals surface area contributed by atoms with E-state index in [1.807, 2.05) is 25.1 Å². The average Bonchev–Trinajstić information content (AvgIpc) is 2.73. The highest BCUT2D eigenvalue weighted by atomic mass is 19.3. The van der Waals surface area contributed by atoms with Gasteiger partial charge in [-0.3, -0.25) is 4.98 Å². The van der Waals surface area contributed by atoms with Crippen LogP contribution in [0.15, 0.2) is 61.3 Å². The van der Waals surface area contributed by atoms with Gasteiger partial charge in [0, 0.05) is 24.6 Å². The van der Waals surface area contributed by atoms with Crippen LogP contribution in [0, 0.1) is 5.82 Å². The molecular formula is C26H26F3NO. The first-order valence-corrected chi connectivity index (χ1v) is 10.3. The fourth-order valence-corrected chi connectivity index (χ4v) is 3.68. The standard InChI is InChI=1S/C26H26F3NO/c1-5-7-18-8-6-13-30-25(18)21-11-9-20(15-23(21)27)17(3)16(2)19-10-12-24(31)22(14-19)26(4,28)29/h6,8-15,17,31H,2,5,7H2,1,3-4H3. The number of aromatic hydroxyl groups is 1. The average molecular weight is 425 g/mol. The van der Waals surface area contributed by atoms with E-state index in [0.717, 1.165) is 25.3 Å². The smallest absolute Gasteiger partial charge is 0.274 e. The minimum Gasteiger partial charge on any atom is -0.507 e. The van der Waals surface area contributed by atoms with Gasteiger partial charge in [0.2, 0.25) is 0 Å². The van der Waals surface area contributed by atoms with Crippen molar-refractivity contribution in [2.45, 2.75) is 45.5 Å². The monoisotopic (exact) mass is 425 g/mol. The lowest BCUT2D eigenvalue weighted by Gasteiger charge is -2.19. The molecule has 5 heteroatoms. The summed E-state index contributed by atoms with van der Waals surface area (Å²) in [5, 5.41) is 9.78. The molecule has 31 heavy (non-hydrogen) atoms. The summed E-state index contributed by atoms with van der Waals surface area (Å²) in [6.07, 6.45) is 3.39. The van der Waals surface area contributed by atoms with Gasteiger partial charge in [0.15, 0.2) is 0 Å². The van der Waals surface area contributed by atoms with E-state index in [0.29, 0.717) is 28.0 Å². The second-order valence-electron chi connectivity index (χ2n) is 7.87. The molecule has 2 nitrogen and oxygen atoms in total. The van der Waals surface area contributed by atoms with Crippen LogP contribution in [-0.2, 0) is 12.3 Å². The lowest BCUT2D eigenvalue weighted by atomic mass is 9.87. The Morgan fingerprint density at radius 1 is 1.16 bits per heavy atom. The van der Waals surface area contributed by atoms with Crippen molar-refractivity contribution in [1.29, 1.82) is 0 Å². The van der Waals surface area contributed by atoms with Crippen LogP contribution in [0.5, 0.6) is 5.75 Å². The van der Waals surface area contributed by atoms with Crippen molar-refractivity contribution in [3.63, 3.8) is 0 Å². The highest BCUT2D eigenvalue weighted by molar-refractivity contribution is 5.72. The molecule has 0 saturated heterocycles. The van der Waals surface area contributed by atoms with E-state index < -0.39 is 17.2 Å². The molecular weight excluding hydrogens is 399 g/mol. The summed E-state index contributed by atoms with van der Waals surface area (Å²) in [6, 6.07) is 12.8. The van der Waals surface area contributed by atoms with Crippen LogP contribution < -0.4 is 0 Å². The maximum absolute atomic E-state index is 15.1. The highest BCUT2D eigenvalue weighted by Crippen LogP contribution is 2.39. The van der Waals surface area contributed by atoms with Gasteiger partial charge in [-0.05, 0) is 59.0 Å². The van der Waals surface area contributed by atoms with E-state index in [-0.39, 0.29) is 11.7 Å². The predicted molar refractivity (Wildman–Crippen MR) is 119 cm³/mol. The molecule has 1 unspecified atom stereocenters. The first-order chi connectivity index (χ1) is 14.6. The normalized spacial score (nSPS) is 12.6. The summed E-state index contributed by atoms with van der Waals surface area (Å²) in [5.74, 6) is -4.36. The molecule has 2 aromatic carbocycles. The lowest BCUT2D eigenvalue weighted by molar-refractivity contribution is 0.0151. The number of pyridine rings is 1. The molecule has 162 valence electrons. The van der Waals surface area contributed by atoms with E-state index in [1.165, 1.54) is 18.2 Å². The topological polar surface area (TPSA) is 33.1 Å². The summed E-state index contributed by atoms with van der Waals surface area (Å²) in [6.45, 7) is 8.68. The fraction of sp³-hybridized carbons (Fsp3) is 0.269. The van der Waals surface area contributed by atoms with Gasteiger partial charge in [0.1, 0.15) is 11.6 Å². The Morgan fingerprint density at radius 2 is 1.90 bits per heavy atom. The SMILES string of the molecule is C=C(c1ccc(O)c(C(C)(F)F)c1)C(C)c1ccc(-c2ncccc2CCC)c(F)c1. The van der Waals surface area contributed by atoms with Gasteiger partial charge in [0.05, 0.1) is 11.3 Å². The second kappa shape index (κ2) is 8.96. The summed E-state index contributed by atoms with van der Waals surface area (Å²) < 4.78 is 42.6. The Bertz CT molecular complexity index is 1100. The van der Waals surface area contributed by atoms with Crippen LogP contribution in [0.3, 0.4) is 0 Å². The quantitative estimate of drug-likeness (QED) is 0.426. The van der Waals surface area contributed by atoms with E-state index in [2.05, 4.69) is 18.5 Å². The van der Waals surface area contributed by atoms with E-state index >= 15 is 4.39 Å². The van der Waals surface area contributed by atoms with Crippen LogP contribution >= 0.6 is 0 Å². The minimum atomic E-state index is -3.18. The molecule has 0 radical (unpaired) electrons. The van der Waals surface area contributed by atoms with Crippen molar-refractivity contribution in [2.75, 3.05) is 0 Å². The molecule has 0 bridgehead atoms. The Kier molecular flexibility index (Phi) is 6.54. The zero-order chi connectivity index (χ0) is 22.8. The minimum absolute atomic E-state index is 0.315. The molecule has 3 rings (SSSR count). The Balaban J connectivity index is 1.93. The molecule has 0 spiro atoms. The number of rotatable bonds is 7. The molecule has 0 aliphatic rings. The van der Waals surface area contributed by atoms with Crippen LogP contribution in [0.4, 0.5) is 13.2 Å². The maximum Gasteiger partial charge on any atom is 0.274 e. The van der Waals surface area contributed by atoms with Gasteiger partial charge in [-0.1, -0.05) is 45.0 Å². The number of halogens is 3. The summed E-state index contributed by atoms with van der Waals surface area (Å²) in [5.41, 5.74) is 3.31. The Morgan fingerprint density at radius 3 is 2.55 bits per heavy atom. The summed E-state index contributed by atoms with van der Waals surface area (Å²) >= 11 is 0. The van der Waals surface area contributed by atoms with E-state index in [9.17, 15) is 13.9 Å². The maximum atomic E-state index is 15.1. The number of hydrogen-bond acceptors (Lipinski definition) is 2. The fourth-order valence-electron chi connectivity index (χ4n) is 3.68. The lowest BCUT2D eigenvalue weighted by Crippen LogP contribution is -2.08. The molecule has 0 aliphatic carbocycles. The van der Waals surface area contributed by atoms with Gasteiger partial charge in [-0.15, -0.1) is 0 Å². The number of phenols is 1. The van der Waals surface area contributed by atoms with Crippen molar-refractivity contribution < 1.29 is 18.3 Å². The summed E-state index contributed by atoms with van der Waals surface area (Å²) in [4.78, 5) is 4.37. The van der Waals surface area contributed by atoms with Crippen LogP contribution in [0.2, 0.25) is 0 Å². The zero-order valence-electron chi connectivity index (χ0n) is 17.9.